The van der Waals surface area contributed by atoms with Gasteiger partial charge in [0.2, 0.25) is 0 Å². The van der Waals surface area contributed by atoms with Gasteiger partial charge in [-0.1, -0.05) is 97.1 Å². The molecule has 206 valence electrons. The molecule has 5 heterocycles. The van der Waals surface area contributed by atoms with E-state index in [0.717, 1.165) is 28.5 Å². The van der Waals surface area contributed by atoms with Crippen LogP contribution >= 0.6 is 11.3 Å². The first-order valence-electron chi connectivity index (χ1n) is 14.8. The van der Waals surface area contributed by atoms with Crippen LogP contribution in [0, 0.1) is 0 Å². The van der Waals surface area contributed by atoms with Crippen LogP contribution in [0.15, 0.2) is 146 Å². The van der Waals surface area contributed by atoms with Gasteiger partial charge in [-0.3, -0.25) is 13.7 Å². The number of rotatable bonds is 3. The highest BCUT2D eigenvalue weighted by Crippen LogP contribution is 2.43. The summed E-state index contributed by atoms with van der Waals surface area (Å²) >= 11 is 1.83. The van der Waals surface area contributed by atoms with Gasteiger partial charge >= 0.3 is 0 Å². The molecule has 0 aliphatic rings. The largest absolute Gasteiger partial charge is 0.295 e. The van der Waals surface area contributed by atoms with E-state index in [-0.39, 0.29) is 0 Å². The Labute approximate surface area is 256 Å². The van der Waals surface area contributed by atoms with Gasteiger partial charge in [-0.2, -0.15) is 0 Å². The Morgan fingerprint density at radius 3 is 1.64 bits per heavy atom. The highest BCUT2D eigenvalue weighted by Gasteiger charge is 2.23. The van der Waals surface area contributed by atoms with Crippen molar-refractivity contribution in [2.75, 3.05) is 0 Å². The van der Waals surface area contributed by atoms with Crippen LogP contribution < -0.4 is 0 Å². The Hall–Kier alpha value is -5.65. The summed E-state index contributed by atoms with van der Waals surface area (Å²) in [6.45, 7) is 0. The summed E-state index contributed by atoms with van der Waals surface area (Å²) in [6.07, 6.45) is 0. The molecule has 4 nitrogen and oxygen atoms in total. The van der Waals surface area contributed by atoms with Crippen LogP contribution in [0.1, 0.15) is 0 Å². The molecular weight excluding hydrogens is 557 g/mol. The molecule has 0 saturated heterocycles. The van der Waals surface area contributed by atoms with E-state index in [1.807, 2.05) is 11.3 Å². The van der Waals surface area contributed by atoms with Crippen LogP contribution in [0.4, 0.5) is 0 Å². The fourth-order valence-corrected chi connectivity index (χ4v) is 8.34. The molecular formula is C39H24N4S. The van der Waals surface area contributed by atoms with Crippen molar-refractivity contribution in [2.45, 2.75) is 0 Å². The average molecular weight is 581 g/mol. The van der Waals surface area contributed by atoms with Crippen molar-refractivity contribution < 1.29 is 0 Å². The molecule has 0 bridgehead atoms. The number of para-hydroxylation sites is 4. The number of benzene rings is 5. The van der Waals surface area contributed by atoms with Crippen molar-refractivity contribution in [3.05, 3.63) is 146 Å². The average Bonchev–Trinajstić information content (AvgIpc) is 3.80. The summed E-state index contributed by atoms with van der Waals surface area (Å²) < 4.78 is 8.36. The maximum atomic E-state index is 5.45. The molecule has 5 aromatic heterocycles. The van der Waals surface area contributed by atoms with Crippen LogP contribution in [-0.4, -0.2) is 18.7 Å². The van der Waals surface area contributed by atoms with Crippen LogP contribution in [0.25, 0.3) is 81.4 Å². The van der Waals surface area contributed by atoms with Crippen LogP contribution in [0.3, 0.4) is 0 Å². The summed E-state index contributed by atoms with van der Waals surface area (Å²) in [5.74, 6) is 1.80. The first-order chi connectivity index (χ1) is 21.9. The lowest BCUT2D eigenvalue weighted by atomic mass is 10.1. The zero-order valence-corrected chi connectivity index (χ0v) is 24.4. The summed E-state index contributed by atoms with van der Waals surface area (Å²) in [6, 6.07) is 51.9. The molecule has 0 fully saturated rings. The van der Waals surface area contributed by atoms with Gasteiger partial charge in [0.15, 0.2) is 0 Å². The molecule has 0 unspecified atom stereocenters. The maximum absolute atomic E-state index is 5.45. The lowest BCUT2D eigenvalue weighted by Gasteiger charge is -2.13. The van der Waals surface area contributed by atoms with E-state index in [0.29, 0.717) is 0 Å². The lowest BCUT2D eigenvalue weighted by molar-refractivity contribution is 0.989. The predicted octanol–water partition coefficient (Wildman–Crippen LogP) is 10.4. The van der Waals surface area contributed by atoms with Crippen molar-refractivity contribution >= 4 is 75.4 Å². The van der Waals surface area contributed by atoms with Crippen molar-refractivity contribution in [3.63, 3.8) is 0 Å². The van der Waals surface area contributed by atoms with Crippen molar-refractivity contribution in [3.8, 4) is 17.3 Å². The first kappa shape index (κ1) is 23.9. The quantitative estimate of drug-likeness (QED) is 0.204. The Bertz CT molecular complexity index is 2720. The molecule has 0 aliphatic carbocycles. The highest BCUT2D eigenvalue weighted by molar-refractivity contribution is 7.25. The van der Waals surface area contributed by atoms with E-state index in [9.17, 15) is 0 Å². The van der Waals surface area contributed by atoms with Crippen LogP contribution in [0.5, 0.6) is 0 Å². The smallest absolute Gasteiger partial charge is 0.141 e. The van der Waals surface area contributed by atoms with Crippen LogP contribution in [-0.2, 0) is 0 Å². The van der Waals surface area contributed by atoms with Gasteiger partial charge in [0.25, 0.3) is 0 Å². The SMILES string of the molecule is c1ccc(-n2c3ccccc3c3c4ccccc4n(-c4cccc(-n5c6ccccc6c6c7ccccc7sc65)n4)c32)cc1. The van der Waals surface area contributed by atoms with Gasteiger partial charge in [-0.05, 0) is 48.5 Å². The van der Waals surface area contributed by atoms with Gasteiger partial charge in [0.05, 0.1) is 16.6 Å². The second-order valence-corrected chi connectivity index (χ2v) is 12.3. The maximum Gasteiger partial charge on any atom is 0.141 e. The van der Waals surface area contributed by atoms with E-state index in [2.05, 4.69) is 159 Å². The highest BCUT2D eigenvalue weighted by atomic mass is 32.1. The van der Waals surface area contributed by atoms with Gasteiger partial charge in [0.1, 0.15) is 22.1 Å². The molecule has 0 amide bonds. The van der Waals surface area contributed by atoms with E-state index in [1.54, 1.807) is 0 Å². The number of fused-ring (bicyclic) bond motifs is 10. The lowest BCUT2D eigenvalue weighted by Crippen LogP contribution is -2.05. The number of thiophene rings is 1. The minimum Gasteiger partial charge on any atom is -0.295 e. The monoisotopic (exact) mass is 580 g/mol. The number of nitrogens with zero attached hydrogens (tertiary/aromatic N) is 4. The van der Waals surface area contributed by atoms with E-state index < -0.39 is 0 Å². The topological polar surface area (TPSA) is 27.7 Å². The third-order valence-corrected chi connectivity index (χ3v) is 10.0. The van der Waals surface area contributed by atoms with E-state index >= 15 is 0 Å². The summed E-state index contributed by atoms with van der Waals surface area (Å²) in [5, 5.41) is 7.55. The third-order valence-electron chi connectivity index (χ3n) is 8.86. The predicted molar refractivity (Wildman–Crippen MR) is 185 cm³/mol. The van der Waals surface area contributed by atoms with Gasteiger partial charge in [0, 0.05) is 42.7 Å². The standard InChI is InChI=1S/C39H24N4S/c1-2-13-25(14-3-1)41-30-19-8-4-15-26(30)36-27-16-5-9-20-31(27)42(38(36)41)34-23-12-24-35(40-34)43-32-21-10-6-17-28(32)37-29-18-7-11-22-33(29)44-39(37)43/h1-24H. The molecule has 5 aromatic carbocycles. The summed E-state index contributed by atoms with van der Waals surface area (Å²) in [4.78, 5) is 6.67. The van der Waals surface area contributed by atoms with Crippen molar-refractivity contribution in [2.24, 2.45) is 0 Å². The Balaban J connectivity index is 1.33. The fraction of sp³-hybridized carbons (Fsp3) is 0. The minimum absolute atomic E-state index is 0.890. The Morgan fingerprint density at radius 1 is 0.409 bits per heavy atom. The first-order valence-corrected chi connectivity index (χ1v) is 15.6. The molecule has 0 N–H and O–H groups in total. The molecule has 0 atom stereocenters. The van der Waals surface area contributed by atoms with Crippen molar-refractivity contribution in [1.29, 1.82) is 0 Å². The summed E-state index contributed by atoms with van der Waals surface area (Å²) in [7, 11) is 0. The second kappa shape index (κ2) is 8.93. The van der Waals surface area contributed by atoms with E-state index in [4.69, 9.17) is 4.98 Å². The second-order valence-electron chi connectivity index (χ2n) is 11.2. The minimum atomic E-state index is 0.890. The molecule has 10 rings (SSSR count). The van der Waals surface area contributed by atoms with Gasteiger partial charge in [-0.15, -0.1) is 11.3 Å². The molecule has 5 heteroatoms. The van der Waals surface area contributed by atoms with Crippen molar-refractivity contribution in [1.82, 2.24) is 18.7 Å². The number of hydrogen-bond donors (Lipinski definition) is 0. The Morgan fingerprint density at radius 2 is 0.932 bits per heavy atom. The number of pyridine rings is 1. The number of aromatic nitrogens is 4. The molecule has 44 heavy (non-hydrogen) atoms. The molecule has 0 aliphatic heterocycles. The fourth-order valence-electron chi connectivity index (χ4n) is 7.10. The third kappa shape index (κ3) is 3.14. The van der Waals surface area contributed by atoms with Gasteiger partial charge < -0.3 is 0 Å². The summed E-state index contributed by atoms with van der Waals surface area (Å²) in [5.41, 5.74) is 5.74. The molecule has 0 radical (unpaired) electrons. The normalized spacial score (nSPS) is 12.1. The Kier molecular flexibility index (Phi) is 4.84. The van der Waals surface area contributed by atoms with Gasteiger partial charge in [-0.25, -0.2) is 4.98 Å². The van der Waals surface area contributed by atoms with Crippen LogP contribution in [0.2, 0.25) is 0 Å². The van der Waals surface area contributed by atoms with E-state index in [1.165, 1.54) is 52.9 Å². The zero-order valence-electron chi connectivity index (χ0n) is 23.6. The molecule has 10 aromatic rings. The molecule has 0 spiro atoms. The number of hydrogen-bond acceptors (Lipinski definition) is 2. The molecule has 0 saturated carbocycles. The zero-order chi connectivity index (χ0) is 28.8.